The first-order valence-corrected chi connectivity index (χ1v) is 11.3. The molecule has 8 nitrogen and oxygen atoms in total. The molecule has 1 aliphatic heterocycles. The zero-order valence-corrected chi connectivity index (χ0v) is 18.8. The van der Waals surface area contributed by atoms with Gasteiger partial charge >= 0.3 is 5.97 Å². The number of hydrogen-bond acceptors (Lipinski definition) is 6. The highest BCUT2D eigenvalue weighted by Gasteiger charge is 2.24. The lowest BCUT2D eigenvalue weighted by Gasteiger charge is -2.32. The van der Waals surface area contributed by atoms with Crippen molar-refractivity contribution in [3.05, 3.63) is 65.5 Å². The number of carboxylic acid groups (broad SMARTS) is 1. The number of carbonyl (C=O) groups is 1. The summed E-state index contributed by atoms with van der Waals surface area (Å²) >= 11 is 0. The number of aromatic nitrogens is 5. The van der Waals surface area contributed by atoms with Gasteiger partial charge in [0.2, 0.25) is 5.95 Å². The SMILES string of the molecule is CCc1cnc(N2CCC(n3nnc4cc(-c5ccc(C(=O)O)c(C)c5)ccc43)CC2)nc1. The van der Waals surface area contributed by atoms with Gasteiger partial charge < -0.3 is 10.0 Å². The lowest BCUT2D eigenvalue weighted by molar-refractivity contribution is 0.0696. The third kappa shape index (κ3) is 4.04. The maximum Gasteiger partial charge on any atom is 0.335 e. The number of anilines is 1. The normalized spacial score (nSPS) is 14.7. The average Bonchev–Trinajstić information content (AvgIpc) is 3.27. The van der Waals surface area contributed by atoms with Gasteiger partial charge in [-0.1, -0.05) is 30.3 Å². The Kier molecular flexibility index (Phi) is 5.50. The molecule has 8 heteroatoms. The van der Waals surface area contributed by atoms with Gasteiger partial charge in [-0.2, -0.15) is 0 Å². The van der Waals surface area contributed by atoms with E-state index in [0.29, 0.717) is 5.56 Å². The number of rotatable bonds is 5. The Morgan fingerprint density at radius 1 is 1.06 bits per heavy atom. The summed E-state index contributed by atoms with van der Waals surface area (Å²) in [6, 6.07) is 11.8. The van der Waals surface area contributed by atoms with Crippen LogP contribution in [-0.4, -0.2) is 49.1 Å². The number of fused-ring (bicyclic) bond motifs is 1. The van der Waals surface area contributed by atoms with E-state index in [4.69, 9.17) is 0 Å². The van der Waals surface area contributed by atoms with Gasteiger partial charge in [0.05, 0.1) is 17.1 Å². The molecular formula is C25H26N6O2. The lowest BCUT2D eigenvalue weighted by atomic mass is 9.99. The minimum Gasteiger partial charge on any atom is -0.478 e. The first kappa shape index (κ1) is 21.1. The van der Waals surface area contributed by atoms with E-state index in [9.17, 15) is 9.90 Å². The van der Waals surface area contributed by atoms with E-state index in [1.54, 1.807) is 6.07 Å². The largest absolute Gasteiger partial charge is 0.478 e. The van der Waals surface area contributed by atoms with Crippen LogP contribution < -0.4 is 4.90 Å². The minimum absolute atomic E-state index is 0.282. The molecule has 3 heterocycles. The van der Waals surface area contributed by atoms with E-state index < -0.39 is 5.97 Å². The van der Waals surface area contributed by atoms with Crippen LogP contribution in [0, 0.1) is 6.92 Å². The summed E-state index contributed by atoms with van der Waals surface area (Å²) < 4.78 is 2.04. The van der Waals surface area contributed by atoms with E-state index >= 15 is 0 Å². The van der Waals surface area contributed by atoms with Crippen molar-refractivity contribution < 1.29 is 9.90 Å². The molecule has 0 bridgehead atoms. The molecule has 1 aliphatic rings. The van der Waals surface area contributed by atoms with E-state index in [1.807, 2.05) is 42.2 Å². The topological polar surface area (TPSA) is 97.0 Å². The standard InChI is InChI=1S/C25H26N6O2/c1-3-17-14-26-25(27-15-17)30-10-8-20(9-11-30)31-23-7-5-19(13-22(23)28-29-31)18-4-6-21(24(32)33)16(2)12-18/h4-7,12-15,20H,3,8-11H2,1-2H3,(H,32,33). The number of nitrogens with zero attached hydrogens (tertiary/aromatic N) is 6. The van der Waals surface area contributed by atoms with Crippen molar-refractivity contribution in [2.75, 3.05) is 18.0 Å². The van der Waals surface area contributed by atoms with Crippen LogP contribution in [0.2, 0.25) is 0 Å². The van der Waals surface area contributed by atoms with Gasteiger partial charge in [0, 0.05) is 25.5 Å². The second-order valence-corrected chi connectivity index (χ2v) is 8.54. The molecular weight excluding hydrogens is 416 g/mol. The Hall–Kier alpha value is -3.81. The van der Waals surface area contributed by atoms with E-state index in [-0.39, 0.29) is 6.04 Å². The molecule has 168 valence electrons. The van der Waals surface area contributed by atoms with Gasteiger partial charge in [-0.15, -0.1) is 5.10 Å². The Morgan fingerprint density at radius 2 is 1.76 bits per heavy atom. The van der Waals surface area contributed by atoms with E-state index in [2.05, 4.69) is 44.2 Å². The van der Waals surface area contributed by atoms with Crippen molar-refractivity contribution in [3.8, 4) is 11.1 Å². The molecule has 0 atom stereocenters. The zero-order chi connectivity index (χ0) is 22.9. The second kappa shape index (κ2) is 8.61. The van der Waals surface area contributed by atoms with Crippen LogP contribution in [0.4, 0.5) is 5.95 Å². The van der Waals surface area contributed by atoms with Gasteiger partial charge in [-0.3, -0.25) is 0 Å². The molecule has 0 unspecified atom stereocenters. The van der Waals surface area contributed by atoms with Crippen LogP contribution in [0.3, 0.4) is 0 Å². The third-order valence-electron chi connectivity index (χ3n) is 6.45. The minimum atomic E-state index is -0.909. The van der Waals surface area contributed by atoms with Crippen molar-refractivity contribution in [2.24, 2.45) is 0 Å². The van der Waals surface area contributed by atoms with Gasteiger partial charge in [0.15, 0.2) is 0 Å². The summed E-state index contributed by atoms with van der Waals surface area (Å²) in [6.45, 7) is 5.68. The molecule has 0 radical (unpaired) electrons. The molecule has 33 heavy (non-hydrogen) atoms. The van der Waals surface area contributed by atoms with Crippen LogP contribution in [0.5, 0.6) is 0 Å². The molecule has 0 aliphatic carbocycles. The smallest absolute Gasteiger partial charge is 0.335 e. The van der Waals surface area contributed by atoms with Crippen LogP contribution in [0.15, 0.2) is 48.8 Å². The summed E-state index contributed by atoms with van der Waals surface area (Å²) in [4.78, 5) is 22.6. The average molecular weight is 443 g/mol. The van der Waals surface area contributed by atoms with Gasteiger partial charge in [0.1, 0.15) is 5.52 Å². The molecule has 0 spiro atoms. The van der Waals surface area contributed by atoms with Crippen molar-refractivity contribution in [3.63, 3.8) is 0 Å². The summed E-state index contributed by atoms with van der Waals surface area (Å²) in [7, 11) is 0. The zero-order valence-electron chi connectivity index (χ0n) is 18.8. The number of carboxylic acids is 1. The fourth-order valence-corrected chi connectivity index (χ4v) is 4.48. The number of aryl methyl sites for hydroxylation is 2. The molecule has 0 amide bonds. The third-order valence-corrected chi connectivity index (χ3v) is 6.45. The Morgan fingerprint density at radius 3 is 2.42 bits per heavy atom. The van der Waals surface area contributed by atoms with Gasteiger partial charge in [0.25, 0.3) is 0 Å². The van der Waals surface area contributed by atoms with Crippen LogP contribution in [0.25, 0.3) is 22.2 Å². The maximum atomic E-state index is 11.3. The first-order chi connectivity index (χ1) is 16.0. The summed E-state index contributed by atoms with van der Waals surface area (Å²) in [6.07, 6.45) is 6.67. The monoisotopic (exact) mass is 442 g/mol. The van der Waals surface area contributed by atoms with E-state index in [1.165, 1.54) is 0 Å². The van der Waals surface area contributed by atoms with Crippen LogP contribution in [0.1, 0.15) is 47.3 Å². The molecule has 2 aromatic heterocycles. The molecule has 1 saturated heterocycles. The molecule has 5 rings (SSSR count). The van der Waals surface area contributed by atoms with Crippen LogP contribution >= 0.6 is 0 Å². The first-order valence-electron chi connectivity index (χ1n) is 11.3. The second-order valence-electron chi connectivity index (χ2n) is 8.54. The summed E-state index contributed by atoms with van der Waals surface area (Å²) in [5, 5.41) is 18.2. The Balaban J connectivity index is 1.33. The molecule has 4 aromatic rings. The number of hydrogen-bond donors (Lipinski definition) is 1. The lowest BCUT2D eigenvalue weighted by Crippen LogP contribution is -2.36. The van der Waals surface area contributed by atoms with Crippen molar-refractivity contribution in [1.29, 1.82) is 0 Å². The predicted octanol–water partition coefficient (Wildman–Crippen LogP) is 4.30. The Labute approximate surface area is 191 Å². The summed E-state index contributed by atoms with van der Waals surface area (Å²) in [5.41, 5.74) is 6.03. The quantitative estimate of drug-likeness (QED) is 0.492. The molecule has 1 fully saturated rings. The van der Waals surface area contributed by atoms with Crippen molar-refractivity contribution in [1.82, 2.24) is 25.0 Å². The maximum absolute atomic E-state index is 11.3. The number of aromatic carboxylic acids is 1. The fourth-order valence-electron chi connectivity index (χ4n) is 4.48. The highest BCUT2D eigenvalue weighted by atomic mass is 16.4. The fraction of sp³-hybridized carbons (Fsp3) is 0.320. The molecule has 0 saturated carbocycles. The highest BCUT2D eigenvalue weighted by molar-refractivity contribution is 5.90. The number of piperidine rings is 1. The summed E-state index contributed by atoms with van der Waals surface area (Å²) in [5.74, 6) is -0.115. The van der Waals surface area contributed by atoms with Crippen molar-refractivity contribution in [2.45, 2.75) is 39.2 Å². The Bertz CT molecular complexity index is 1310. The molecule has 2 aromatic carbocycles. The molecule has 1 N–H and O–H groups in total. The van der Waals surface area contributed by atoms with Gasteiger partial charge in [-0.05, 0) is 66.6 Å². The van der Waals surface area contributed by atoms with Crippen molar-refractivity contribution >= 4 is 23.0 Å². The van der Waals surface area contributed by atoms with Gasteiger partial charge in [-0.25, -0.2) is 19.4 Å². The number of benzene rings is 2. The van der Waals surface area contributed by atoms with E-state index in [0.717, 1.165) is 71.6 Å². The van der Waals surface area contributed by atoms with Crippen LogP contribution in [-0.2, 0) is 6.42 Å². The highest BCUT2D eigenvalue weighted by Crippen LogP contribution is 2.30. The predicted molar refractivity (Wildman–Crippen MR) is 127 cm³/mol.